The van der Waals surface area contributed by atoms with Crippen LogP contribution in [0.1, 0.15) is 23.6 Å². The Morgan fingerprint density at radius 1 is 1.60 bits per heavy atom. The number of fused-ring (bicyclic) bond motifs is 1. The van der Waals surface area contributed by atoms with E-state index >= 15 is 0 Å². The summed E-state index contributed by atoms with van der Waals surface area (Å²) >= 11 is 0. The molecule has 0 saturated heterocycles. The van der Waals surface area contributed by atoms with Gasteiger partial charge in [0.15, 0.2) is 11.2 Å². The van der Waals surface area contributed by atoms with E-state index in [4.69, 9.17) is 4.74 Å². The molecule has 8 heteroatoms. The Labute approximate surface area is 118 Å². The molecule has 2 heterocycles. The van der Waals surface area contributed by atoms with Crippen LogP contribution in [0.4, 0.5) is 5.95 Å². The Kier molecular flexibility index (Phi) is 4.14. The van der Waals surface area contributed by atoms with E-state index < -0.39 is 5.56 Å². The zero-order chi connectivity index (χ0) is 14.7. The molecule has 0 bridgehead atoms. The second kappa shape index (κ2) is 5.83. The van der Waals surface area contributed by atoms with E-state index in [-0.39, 0.29) is 32.9 Å². The van der Waals surface area contributed by atoms with E-state index in [0.717, 1.165) is 0 Å². The van der Waals surface area contributed by atoms with E-state index in [0.29, 0.717) is 12.3 Å². The first-order valence-electron chi connectivity index (χ1n) is 6.36. The van der Waals surface area contributed by atoms with Gasteiger partial charge < -0.3 is 4.74 Å². The number of nitrogens with one attached hydrogen (secondary N) is 2. The van der Waals surface area contributed by atoms with Gasteiger partial charge in [0.1, 0.15) is 6.73 Å². The summed E-state index contributed by atoms with van der Waals surface area (Å²) in [7, 11) is 0. The van der Waals surface area contributed by atoms with E-state index in [1.54, 1.807) is 18.4 Å². The highest BCUT2D eigenvalue weighted by atomic mass is 16.5. The van der Waals surface area contributed by atoms with Crippen molar-refractivity contribution in [2.75, 3.05) is 11.9 Å². The van der Waals surface area contributed by atoms with Crippen molar-refractivity contribution in [3.63, 3.8) is 0 Å². The van der Waals surface area contributed by atoms with Gasteiger partial charge in [-0.25, -0.2) is 4.98 Å². The number of anilines is 1. The molecular formula is C12H21N5O3. The lowest BCUT2D eigenvalue weighted by atomic mass is 10.2. The molecule has 0 aromatic carbocycles. The fourth-order valence-electron chi connectivity index (χ4n) is 1.56. The summed E-state index contributed by atoms with van der Waals surface area (Å²) in [5, 5.41) is 2.56. The third-order valence-corrected chi connectivity index (χ3v) is 2.68. The van der Waals surface area contributed by atoms with Crippen molar-refractivity contribution >= 4 is 23.0 Å². The predicted molar refractivity (Wildman–Crippen MR) is 77.5 cm³/mol. The van der Waals surface area contributed by atoms with Crippen molar-refractivity contribution in [1.29, 1.82) is 0 Å². The number of nitrogens with zero attached hydrogens (tertiary/aromatic N) is 3. The second-order valence-electron chi connectivity index (χ2n) is 4.57. The average molecular weight is 283 g/mol. The van der Waals surface area contributed by atoms with Crippen LogP contribution < -0.4 is 10.9 Å². The molecule has 1 amide bonds. The average Bonchev–Trinajstić information content (AvgIpc) is 2.79. The molecular weight excluding hydrogens is 262 g/mol. The van der Waals surface area contributed by atoms with Crippen molar-refractivity contribution < 1.29 is 12.4 Å². The van der Waals surface area contributed by atoms with Crippen LogP contribution in [0.5, 0.6) is 0 Å². The molecule has 0 aliphatic carbocycles. The Hall–Kier alpha value is -2.22. The van der Waals surface area contributed by atoms with Crippen molar-refractivity contribution in [3.8, 4) is 0 Å². The number of carbonyl (C=O) groups excluding carboxylic acids is 1. The van der Waals surface area contributed by atoms with Gasteiger partial charge in [-0.05, 0) is 6.92 Å². The zero-order valence-corrected chi connectivity index (χ0v) is 11.6. The third kappa shape index (κ3) is 2.85. The fraction of sp³-hybridized carbons (Fsp3) is 0.500. The summed E-state index contributed by atoms with van der Waals surface area (Å²) in [5.41, 5.74) is 0.192. The van der Waals surface area contributed by atoms with Gasteiger partial charge in [-0.3, -0.25) is 24.5 Å². The number of aromatic nitrogens is 4. The minimum absolute atomic E-state index is 0. The predicted octanol–water partition coefficient (Wildman–Crippen LogP) is 1.20. The maximum Gasteiger partial charge on any atom is 0.280 e. The molecule has 0 saturated carbocycles. The molecule has 0 spiro atoms. The van der Waals surface area contributed by atoms with Crippen LogP contribution in [-0.4, -0.2) is 32.0 Å². The highest BCUT2D eigenvalue weighted by Crippen LogP contribution is 2.08. The van der Waals surface area contributed by atoms with Gasteiger partial charge in [0, 0.05) is 15.4 Å². The highest BCUT2D eigenvalue weighted by molar-refractivity contribution is 5.90. The maximum absolute atomic E-state index is 11.9. The largest absolute Gasteiger partial charge is 0.361 e. The lowest BCUT2D eigenvalue weighted by Gasteiger charge is -2.07. The Bertz CT molecular complexity index is 683. The molecule has 2 N–H and O–H groups in total. The van der Waals surface area contributed by atoms with Gasteiger partial charge in [0.05, 0.1) is 6.33 Å². The third-order valence-electron chi connectivity index (χ3n) is 2.68. The molecule has 0 aliphatic rings. The first kappa shape index (κ1) is 14.2. The highest BCUT2D eigenvalue weighted by Gasteiger charge is 2.13. The molecule has 112 valence electrons. The second-order valence-corrected chi connectivity index (χ2v) is 4.57. The van der Waals surface area contributed by atoms with Gasteiger partial charge in [-0.15, -0.1) is 0 Å². The standard InChI is InChI=1S/C12H17N5O3.2H2/c1-4-20-6-17-5-13-8-9(17)14-12(16-11(8)19)15-10(18)7(2)3;;/h5,7H,4,6H2,1-3H3,(H2,14,15,16,18,19);2*1H. The monoisotopic (exact) mass is 283 g/mol. The molecule has 2 aromatic rings. The van der Waals surface area contributed by atoms with Crippen molar-refractivity contribution in [3.05, 3.63) is 16.7 Å². The molecule has 20 heavy (non-hydrogen) atoms. The number of aromatic amines is 1. The molecule has 0 radical (unpaired) electrons. The van der Waals surface area contributed by atoms with Crippen molar-refractivity contribution in [1.82, 2.24) is 19.5 Å². The van der Waals surface area contributed by atoms with Crippen LogP contribution >= 0.6 is 0 Å². The number of hydrogen-bond donors (Lipinski definition) is 2. The molecule has 8 nitrogen and oxygen atoms in total. The van der Waals surface area contributed by atoms with Gasteiger partial charge in [0.25, 0.3) is 5.56 Å². The van der Waals surface area contributed by atoms with Crippen LogP contribution in [0.15, 0.2) is 11.1 Å². The van der Waals surface area contributed by atoms with E-state index in [2.05, 4.69) is 20.3 Å². The quantitative estimate of drug-likeness (QED) is 0.858. The summed E-state index contributed by atoms with van der Waals surface area (Å²) in [5.74, 6) is -0.313. The number of H-pyrrole nitrogens is 1. The summed E-state index contributed by atoms with van der Waals surface area (Å²) < 4.78 is 6.88. The van der Waals surface area contributed by atoms with Crippen molar-refractivity contribution in [2.45, 2.75) is 27.5 Å². The number of ether oxygens (including phenoxy) is 1. The van der Waals surface area contributed by atoms with Gasteiger partial charge in [0.2, 0.25) is 11.9 Å². The van der Waals surface area contributed by atoms with Crippen LogP contribution in [0.3, 0.4) is 0 Å². The maximum atomic E-state index is 11.9. The smallest absolute Gasteiger partial charge is 0.280 e. The summed E-state index contributed by atoms with van der Waals surface area (Å²) in [6, 6.07) is 0. The summed E-state index contributed by atoms with van der Waals surface area (Å²) in [6.07, 6.45) is 1.48. The number of hydrogen-bond acceptors (Lipinski definition) is 5. The van der Waals surface area contributed by atoms with Crippen LogP contribution in [0.25, 0.3) is 11.2 Å². The lowest BCUT2D eigenvalue weighted by Crippen LogP contribution is -2.22. The summed E-state index contributed by atoms with van der Waals surface area (Å²) in [4.78, 5) is 34.2. The Balaban J connectivity index is 0.00000220. The molecule has 0 aliphatic heterocycles. The summed E-state index contributed by atoms with van der Waals surface area (Å²) in [6.45, 7) is 6.17. The number of imidazole rings is 1. The first-order valence-corrected chi connectivity index (χ1v) is 6.36. The van der Waals surface area contributed by atoms with Crippen LogP contribution in [0.2, 0.25) is 0 Å². The molecule has 0 fully saturated rings. The van der Waals surface area contributed by atoms with E-state index in [1.807, 2.05) is 6.92 Å². The van der Waals surface area contributed by atoms with Gasteiger partial charge in [-0.2, -0.15) is 4.98 Å². The van der Waals surface area contributed by atoms with Crippen molar-refractivity contribution in [2.24, 2.45) is 5.92 Å². The minimum Gasteiger partial charge on any atom is -0.361 e. The van der Waals surface area contributed by atoms with Gasteiger partial charge >= 0.3 is 0 Å². The fourth-order valence-corrected chi connectivity index (χ4v) is 1.56. The van der Waals surface area contributed by atoms with Gasteiger partial charge in [-0.1, -0.05) is 13.8 Å². The molecule has 2 aromatic heterocycles. The first-order chi connectivity index (χ1) is 9.52. The molecule has 2 rings (SSSR count). The Morgan fingerprint density at radius 3 is 3.00 bits per heavy atom. The lowest BCUT2D eigenvalue weighted by molar-refractivity contribution is -0.118. The topological polar surface area (TPSA) is 102 Å². The molecule has 0 unspecified atom stereocenters. The van der Waals surface area contributed by atoms with E-state index in [1.165, 1.54) is 6.33 Å². The van der Waals surface area contributed by atoms with Crippen LogP contribution in [0, 0.1) is 5.92 Å². The molecule has 0 atom stereocenters. The number of carbonyl (C=O) groups is 1. The number of amides is 1. The zero-order valence-electron chi connectivity index (χ0n) is 11.6. The SMILES string of the molecule is CCOCn1cnc2c(=O)[nH]c(NC(=O)C(C)C)nc21.[HH].[HH]. The normalized spacial score (nSPS) is 11.2. The minimum atomic E-state index is -0.399. The van der Waals surface area contributed by atoms with Crippen LogP contribution in [-0.2, 0) is 16.3 Å². The van der Waals surface area contributed by atoms with E-state index in [9.17, 15) is 9.59 Å². The number of rotatable bonds is 5. The Morgan fingerprint density at radius 2 is 2.35 bits per heavy atom.